The molecule has 0 unspecified atom stereocenters. The number of nitrogens with zero attached hydrogens (tertiary/aromatic N) is 3. The van der Waals surface area contributed by atoms with Crippen molar-refractivity contribution in [1.82, 2.24) is 9.36 Å². The van der Waals surface area contributed by atoms with E-state index in [4.69, 9.17) is 14.3 Å². The molecule has 3 aromatic rings. The van der Waals surface area contributed by atoms with E-state index >= 15 is 0 Å². The number of nitriles is 1. The zero-order valence-corrected chi connectivity index (χ0v) is 16.1. The van der Waals surface area contributed by atoms with Crippen molar-refractivity contribution in [1.29, 1.82) is 5.26 Å². The lowest BCUT2D eigenvalue weighted by molar-refractivity contribution is 0.230. The minimum Gasteiger partial charge on any atom is -0.305 e. The molecule has 0 atom stereocenters. The molecule has 2 aromatic carbocycles. The maximum absolute atomic E-state index is 12.8. The van der Waals surface area contributed by atoms with E-state index in [0.29, 0.717) is 30.6 Å². The van der Waals surface area contributed by atoms with E-state index in [-0.39, 0.29) is 0 Å². The summed E-state index contributed by atoms with van der Waals surface area (Å²) >= 11 is 0. The van der Waals surface area contributed by atoms with Crippen LogP contribution in [0.3, 0.4) is 0 Å². The highest BCUT2D eigenvalue weighted by molar-refractivity contribution is 7.62. The Bertz CT molecular complexity index is 986. The highest BCUT2D eigenvalue weighted by Gasteiger charge is 2.26. The second-order valence-electron chi connectivity index (χ2n) is 5.90. The number of hydrogen-bond acceptors (Lipinski definition) is 4. The van der Waals surface area contributed by atoms with Crippen LogP contribution in [0.1, 0.15) is 25.0 Å². The maximum atomic E-state index is 12.8. The predicted octanol–water partition coefficient (Wildman–Crippen LogP) is 3.79. The summed E-state index contributed by atoms with van der Waals surface area (Å²) < 4.78 is 27.7. The molecule has 0 fully saturated rings. The van der Waals surface area contributed by atoms with Crippen molar-refractivity contribution < 1.29 is 13.6 Å². The summed E-state index contributed by atoms with van der Waals surface area (Å²) in [7, 11) is -1.27. The smallest absolute Gasteiger partial charge is 0.305 e. The van der Waals surface area contributed by atoms with Gasteiger partial charge in [-0.3, -0.25) is 13.9 Å². The molecule has 0 aliphatic carbocycles. The van der Waals surface area contributed by atoms with Gasteiger partial charge in [0, 0.05) is 7.05 Å². The van der Waals surface area contributed by atoms with Gasteiger partial charge in [-0.2, -0.15) is 5.26 Å². The lowest BCUT2D eigenvalue weighted by atomic mass is 10.1. The Morgan fingerprint density at radius 3 is 2.27 bits per heavy atom. The van der Waals surface area contributed by atoms with Crippen molar-refractivity contribution >= 4 is 23.9 Å². The third-order valence-corrected chi connectivity index (χ3v) is 6.40. The summed E-state index contributed by atoms with van der Waals surface area (Å²) in [6, 6.07) is 15.3. The van der Waals surface area contributed by atoms with E-state index < -0.39 is 7.60 Å². The predicted molar refractivity (Wildman–Crippen MR) is 102 cm³/mol. The van der Waals surface area contributed by atoms with Crippen LogP contribution >= 0.6 is 7.60 Å². The fourth-order valence-corrected chi connectivity index (χ4v) is 4.56. The Morgan fingerprint density at radius 1 is 1.04 bits per heavy atom. The third-order valence-electron chi connectivity index (χ3n) is 4.28. The van der Waals surface area contributed by atoms with Crippen LogP contribution in [0.5, 0.6) is 0 Å². The molecule has 0 aliphatic rings. The van der Waals surface area contributed by atoms with Crippen molar-refractivity contribution in [3.63, 3.8) is 0 Å². The molecule has 0 spiro atoms. The third kappa shape index (κ3) is 3.34. The molecule has 1 heterocycles. The molecule has 0 saturated heterocycles. The van der Waals surface area contributed by atoms with Gasteiger partial charge >= 0.3 is 7.60 Å². The molecule has 1 aromatic heterocycles. The first kappa shape index (κ1) is 18.5. The lowest BCUT2D eigenvalue weighted by Crippen LogP contribution is -2.21. The summed E-state index contributed by atoms with van der Waals surface area (Å²) in [6.45, 7) is 4.91. The largest absolute Gasteiger partial charge is 0.361 e. The molecule has 0 N–H and O–H groups in total. The average Bonchev–Trinajstić information content (AvgIpc) is 2.66. The van der Waals surface area contributed by atoms with Gasteiger partial charge in [-0.25, -0.2) is 0 Å². The second-order valence-corrected chi connectivity index (χ2v) is 7.92. The van der Waals surface area contributed by atoms with E-state index in [9.17, 15) is 4.57 Å². The van der Waals surface area contributed by atoms with Gasteiger partial charge in [0.15, 0.2) is 0 Å². The average molecular weight is 371 g/mol. The summed E-state index contributed by atoms with van der Waals surface area (Å²) in [5.74, 6) is 0. The van der Waals surface area contributed by atoms with E-state index in [1.807, 2.05) is 37.4 Å². The minimum absolute atomic E-state index is 0.329. The lowest BCUT2D eigenvalue weighted by Gasteiger charge is -2.24. The van der Waals surface area contributed by atoms with Crippen molar-refractivity contribution in [2.45, 2.75) is 20.4 Å². The molecular weight excluding hydrogens is 349 g/mol. The molecule has 136 valence electrons. The fraction of sp³-hybridized carbons (Fsp3) is 0.316. The second kappa shape index (κ2) is 7.51. The van der Waals surface area contributed by atoms with Crippen molar-refractivity contribution in [3.05, 3.63) is 53.6 Å². The summed E-state index contributed by atoms with van der Waals surface area (Å²) in [4.78, 5) is 0. The highest BCUT2D eigenvalue weighted by Crippen LogP contribution is 2.46. The Hall–Kier alpha value is -2.32. The quantitative estimate of drug-likeness (QED) is 0.593. The summed E-state index contributed by atoms with van der Waals surface area (Å²) in [5, 5.41) is 9.64. The monoisotopic (exact) mass is 371 g/mol. The van der Waals surface area contributed by atoms with Gasteiger partial charge < -0.3 is 9.05 Å². The first-order valence-corrected chi connectivity index (χ1v) is 10.1. The van der Waals surface area contributed by atoms with E-state index in [1.165, 1.54) is 0 Å². The normalized spacial score (nSPS) is 11.8. The molecule has 7 heteroatoms. The number of aromatic nitrogens is 2. The van der Waals surface area contributed by atoms with Gasteiger partial charge in [0.05, 0.1) is 47.7 Å². The minimum atomic E-state index is -3.25. The Balaban J connectivity index is 1.85. The van der Waals surface area contributed by atoms with Crippen LogP contribution < -0.4 is 5.30 Å². The molecule has 0 saturated carbocycles. The van der Waals surface area contributed by atoms with E-state index in [0.717, 1.165) is 16.6 Å². The van der Waals surface area contributed by atoms with Crippen LogP contribution in [-0.4, -0.2) is 22.6 Å². The number of benzene rings is 2. The van der Waals surface area contributed by atoms with Crippen LogP contribution in [-0.2, 0) is 27.2 Å². The van der Waals surface area contributed by atoms with E-state index in [1.54, 1.807) is 26.0 Å². The number of hydrogen-bond donors (Lipinski definition) is 0. The summed E-state index contributed by atoms with van der Waals surface area (Å²) in [6.07, 6.45) is 0. The first-order chi connectivity index (χ1) is 12.5. The van der Waals surface area contributed by atoms with Crippen LogP contribution in [0.4, 0.5) is 0 Å². The molecule has 0 bridgehead atoms. The van der Waals surface area contributed by atoms with E-state index in [2.05, 4.69) is 15.4 Å². The fourth-order valence-electron chi connectivity index (χ4n) is 2.99. The van der Waals surface area contributed by atoms with Gasteiger partial charge in [0.1, 0.15) is 0 Å². The van der Waals surface area contributed by atoms with Gasteiger partial charge in [0.25, 0.3) is 0 Å². The molecule has 0 radical (unpaired) electrons. The van der Waals surface area contributed by atoms with Gasteiger partial charge in [-0.05, 0) is 49.7 Å². The van der Waals surface area contributed by atoms with Crippen LogP contribution in [0, 0.1) is 11.3 Å². The van der Waals surface area contributed by atoms with Gasteiger partial charge in [-0.1, -0.05) is 12.1 Å². The zero-order valence-electron chi connectivity index (χ0n) is 15.2. The number of rotatable bonds is 7. The first-order valence-electron chi connectivity index (χ1n) is 8.56. The van der Waals surface area contributed by atoms with Crippen LogP contribution in [0.15, 0.2) is 42.5 Å². The standard InChI is InChI=1S/C19H22N3O3P/c1-4-24-26(23,25-5-2)17-9-6-15(7-10-17)14-22-19-12-16(13-20)8-11-18(19)21(22)3/h6-12H,4-5,14H2,1-3H3. The van der Waals surface area contributed by atoms with Crippen LogP contribution in [0.25, 0.3) is 11.0 Å². The molecule has 6 nitrogen and oxygen atoms in total. The zero-order chi connectivity index (χ0) is 18.7. The van der Waals surface area contributed by atoms with Crippen LogP contribution in [0.2, 0.25) is 0 Å². The molecule has 0 amide bonds. The summed E-state index contributed by atoms with van der Waals surface area (Å²) in [5.41, 5.74) is 3.84. The Kier molecular flexibility index (Phi) is 5.33. The number of fused-ring (bicyclic) bond motifs is 1. The van der Waals surface area contributed by atoms with Crippen molar-refractivity contribution in [3.8, 4) is 6.07 Å². The Labute approximate surface area is 153 Å². The molecular formula is C19H22N3O3P. The van der Waals surface area contributed by atoms with Crippen molar-refractivity contribution in [2.75, 3.05) is 13.2 Å². The molecule has 3 rings (SSSR count). The Morgan fingerprint density at radius 2 is 1.69 bits per heavy atom. The van der Waals surface area contributed by atoms with Crippen molar-refractivity contribution in [2.24, 2.45) is 7.05 Å². The molecule has 0 aliphatic heterocycles. The topological polar surface area (TPSA) is 69.2 Å². The SMILES string of the molecule is CCOP(=O)(OCC)c1ccc(Cn2c3cc(C#N)ccc3n2C)cc1. The number of aryl methyl sites for hydroxylation is 1. The van der Waals surface area contributed by atoms with Gasteiger partial charge in [0.2, 0.25) is 0 Å². The maximum Gasteiger partial charge on any atom is 0.361 e. The van der Waals surface area contributed by atoms with Gasteiger partial charge in [-0.15, -0.1) is 0 Å². The highest BCUT2D eigenvalue weighted by atomic mass is 31.2. The molecule has 26 heavy (non-hydrogen) atoms.